The number of benzene rings is 2. The summed E-state index contributed by atoms with van der Waals surface area (Å²) in [4.78, 5) is 30.8. The molecule has 2 atom stereocenters. The number of nitrogens with one attached hydrogen (secondary N) is 2. The van der Waals surface area contributed by atoms with Crippen molar-refractivity contribution in [3.8, 4) is 0 Å². The van der Waals surface area contributed by atoms with E-state index in [2.05, 4.69) is 56.8 Å². The van der Waals surface area contributed by atoms with Crippen LogP contribution < -0.4 is 10.6 Å². The van der Waals surface area contributed by atoms with Crippen molar-refractivity contribution in [3.63, 3.8) is 0 Å². The highest BCUT2D eigenvalue weighted by atomic mass is 16.2. The van der Waals surface area contributed by atoms with E-state index < -0.39 is 0 Å². The van der Waals surface area contributed by atoms with E-state index in [0.717, 1.165) is 44.5 Å². The third-order valence-corrected chi connectivity index (χ3v) is 7.27. The summed E-state index contributed by atoms with van der Waals surface area (Å²) in [5, 5.41) is 6.27. The van der Waals surface area contributed by atoms with Gasteiger partial charge in [-0.1, -0.05) is 36.4 Å². The van der Waals surface area contributed by atoms with E-state index in [1.165, 1.54) is 23.1 Å². The van der Waals surface area contributed by atoms with Gasteiger partial charge in [0, 0.05) is 31.9 Å². The van der Waals surface area contributed by atoms with E-state index in [0.29, 0.717) is 26.1 Å². The molecule has 4 rings (SSSR count). The molecule has 2 aromatic rings. The van der Waals surface area contributed by atoms with Gasteiger partial charge < -0.3 is 20.4 Å². The summed E-state index contributed by atoms with van der Waals surface area (Å²) in [6.45, 7) is 3.85. The predicted octanol–water partition coefficient (Wildman–Crippen LogP) is 3.36. The first-order chi connectivity index (χ1) is 17.0. The molecule has 0 unspecified atom stereocenters. The first-order valence-corrected chi connectivity index (χ1v) is 13.1. The summed E-state index contributed by atoms with van der Waals surface area (Å²) in [6.07, 6.45) is 5.84. The van der Waals surface area contributed by atoms with Crippen LogP contribution in [0.15, 0.2) is 48.5 Å². The molecule has 2 aliphatic rings. The average molecular weight is 477 g/mol. The molecular formula is C29H40N4O2. The zero-order valence-corrected chi connectivity index (χ0v) is 21.3. The Kier molecular flexibility index (Phi) is 8.94. The summed E-state index contributed by atoms with van der Waals surface area (Å²) in [6, 6.07) is 16.7. The molecular weight excluding hydrogens is 436 g/mol. The maximum Gasteiger partial charge on any atom is 0.228 e. The second kappa shape index (κ2) is 12.3. The van der Waals surface area contributed by atoms with Gasteiger partial charge in [-0.25, -0.2) is 0 Å². The fraction of sp³-hybridized carbons (Fsp3) is 0.517. The van der Waals surface area contributed by atoms with E-state index in [1.54, 1.807) is 0 Å². The molecule has 35 heavy (non-hydrogen) atoms. The monoisotopic (exact) mass is 476 g/mol. The Hall–Kier alpha value is -2.70. The number of anilines is 1. The molecule has 1 fully saturated rings. The molecule has 2 aromatic carbocycles. The normalized spacial score (nSPS) is 20.0. The van der Waals surface area contributed by atoms with Crippen LogP contribution in [0.3, 0.4) is 0 Å². The number of hydrogen-bond donors (Lipinski definition) is 2. The lowest BCUT2D eigenvalue weighted by Crippen LogP contribution is -2.49. The first-order valence-electron chi connectivity index (χ1n) is 13.1. The number of amides is 2. The molecule has 1 aliphatic heterocycles. The third-order valence-electron chi connectivity index (χ3n) is 7.27. The van der Waals surface area contributed by atoms with Crippen molar-refractivity contribution in [2.45, 2.75) is 38.5 Å². The van der Waals surface area contributed by atoms with Crippen LogP contribution in [0.4, 0.5) is 5.69 Å². The van der Waals surface area contributed by atoms with Gasteiger partial charge >= 0.3 is 0 Å². The van der Waals surface area contributed by atoms with Crippen molar-refractivity contribution in [2.75, 3.05) is 52.1 Å². The maximum absolute atomic E-state index is 13.3. The Morgan fingerprint density at radius 1 is 0.971 bits per heavy atom. The zero-order valence-electron chi connectivity index (χ0n) is 21.3. The molecule has 0 radical (unpaired) electrons. The van der Waals surface area contributed by atoms with Gasteiger partial charge in [0.05, 0.1) is 11.8 Å². The lowest BCUT2D eigenvalue weighted by atomic mass is 9.87. The minimum absolute atomic E-state index is 0.0257. The molecule has 1 saturated heterocycles. The second-order valence-corrected chi connectivity index (χ2v) is 10.4. The number of rotatable bonds is 10. The Labute approximate surface area is 210 Å². The van der Waals surface area contributed by atoms with E-state index in [4.69, 9.17) is 0 Å². The number of carbonyl (C=O) groups excluding carboxylic acids is 2. The zero-order chi connectivity index (χ0) is 24.6. The summed E-state index contributed by atoms with van der Waals surface area (Å²) in [5.41, 5.74) is 4.91. The van der Waals surface area contributed by atoms with Gasteiger partial charge in [-0.05, 0) is 88.0 Å². The molecule has 1 aliphatic carbocycles. The van der Waals surface area contributed by atoms with Gasteiger partial charge in [0.15, 0.2) is 0 Å². The van der Waals surface area contributed by atoms with Gasteiger partial charge in [-0.2, -0.15) is 0 Å². The molecule has 2 amide bonds. The number of nitrogens with zero attached hydrogens (tertiary/aromatic N) is 2. The molecule has 2 N–H and O–H groups in total. The van der Waals surface area contributed by atoms with Crippen LogP contribution in [0.25, 0.3) is 0 Å². The van der Waals surface area contributed by atoms with Crippen LogP contribution in [-0.4, -0.2) is 68.4 Å². The highest BCUT2D eigenvalue weighted by molar-refractivity contribution is 5.93. The van der Waals surface area contributed by atoms with Gasteiger partial charge in [0.25, 0.3) is 0 Å². The Morgan fingerprint density at radius 3 is 2.49 bits per heavy atom. The van der Waals surface area contributed by atoms with Gasteiger partial charge in [0.1, 0.15) is 0 Å². The second-order valence-electron chi connectivity index (χ2n) is 10.4. The largest absolute Gasteiger partial charge is 0.356 e. The van der Waals surface area contributed by atoms with E-state index >= 15 is 0 Å². The molecule has 1 heterocycles. The van der Waals surface area contributed by atoms with Crippen molar-refractivity contribution < 1.29 is 9.59 Å². The third kappa shape index (κ3) is 7.39. The van der Waals surface area contributed by atoms with Crippen molar-refractivity contribution in [1.29, 1.82) is 0 Å². The fourth-order valence-corrected chi connectivity index (χ4v) is 5.33. The van der Waals surface area contributed by atoms with Crippen LogP contribution in [0, 0.1) is 11.8 Å². The smallest absolute Gasteiger partial charge is 0.228 e. The molecule has 188 valence electrons. The Bertz CT molecular complexity index is 991. The van der Waals surface area contributed by atoms with E-state index in [-0.39, 0.29) is 23.7 Å². The average Bonchev–Trinajstić information content (AvgIpc) is 3.33. The topological polar surface area (TPSA) is 64.7 Å². The SMILES string of the molecule is CN(C)CCCNC(=O)[C@H]1C[C@@H](C(=O)Nc2ccc3c(c2)CCC3)CN(CCc2ccccc2)C1. The minimum atomic E-state index is -0.203. The summed E-state index contributed by atoms with van der Waals surface area (Å²) < 4.78 is 0. The number of piperidine rings is 1. The van der Waals surface area contributed by atoms with E-state index in [9.17, 15) is 9.59 Å². The molecule has 0 bridgehead atoms. The highest BCUT2D eigenvalue weighted by Crippen LogP contribution is 2.27. The Balaban J connectivity index is 1.39. The van der Waals surface area contributed by atoms with Gasteiger partial charge in [0.2, 0.25) is 11.8 Å². The number of hydrogen-bond acceptors (Lipinski definition) is 4. The first kappa shape index (κ1) is 25.4. The molecule has 6 nitrogen and oxygen atoms in total. The number of fused-ring (bicyclic) bond motifs is 1. The highest BCUT2D eigenvalue weighted by Gasteiger charge is 2.35. The molecule has 6 heteroatoms. The standard InChI is InChI=1S/C29H40N4O2/c1-32(2)16-7-15-30-28(34)25-18-26(21-33(20-25)17-14-22-8-4-3-5-9-22)29(35)31-27-13-12-23-10-6-11-24(23)19-27/h3-5,8-9,12-13,19,25-26H,6-7,10-11,14-18,20-21H2,1-2H3,(H,30,34)(H,31,35)/t25-,26+/m0/s1. The number of carbonyl (C=O) groups is 2. The van der Waals surface area contributed by atoms with Crippen molar-refractivity contribution >= 4 is 17.5 Å². The lowest BCUT2D eigenvalue weighted by molar-refractivity contribution is -0.130. The molecule has 0 spiro atoms. The van der Waals surface area contributed by atoms with Crippen molar-refractivity contribution in [2.24, 2.45) is 11.8 Å². The van der Waals surface area contributed by atoms with Crippen LogP contribution in [0.2, 0.25) is 0 Å². The summed E-state index contributed by atoms with van der Waals surface area (Å²) >= 11 is 0. The predicted molar refractivity (Wildman–Crippen MR) is 141 cm³/mol. The molecule has 0 aromatic heterocycles. The van der Waals surface area contributed by atoms with Crippen LogP contribution in [0.1, 0.15) is 36.0 Å². The number of likely N-dealkylation sites (tertiary alicyclic amines) is 1. The van der Waals surface area contributed by atoms with Crippen LogP contribution in [0.5, 0.6) is 0 Å². The summed E-state index contributed by atoms with van der Waals surface area (Å²) in [7, 11) is 4.08. The van der Waals surface area contributed by atoms with Crippen LogP contribution in [-0.2, 0) is 28.9 Å². The fourth-order valence-electron chi connectivity index (χ4n) is 5.33. The lowest BCUT2D eigenvalue weighted by Gasteiger charge is -2.36. The summed E-state index contributed by atoms with van der Waals surface area (Å²) in [5.74, 6) is -0.277. The van der Waals surface area contributed by atoms with Crippen LogP contribution >= 0.6 is 0 Å². The quantitative estimate of drug-likeness (QED) is 0.516. The van der Waals surface area contributed by atoms with Crippen molar-refractivity contribution in [1.82, 2.24) is 15.1 Å². The minimum Gasteiger partial charge on any atom is -0.356 e. The van der Waals surface area contributed by atoms with Gasteiger partial charge in [-0.15, -0.1) is 0 Å². The van der Waals surface area contributed by atoms with E-state index in [1.807, 2.05) is 26.2 Å². The van der Waals surface area contributed by atoms with Gasteiger partial charge in [-0.3, -0.25) is 9.59 Å². The van der Waals surface area contributed by atoms with Crippen molar-refractivity contribution in [3.05, 3.63) is 65.2 Å². The number of aryl methyl sites for hydroxylation is 2. The molecule has 0 saturated carbocycles. The maximum atomic E-state index is 13.3. The Morgan fingerprint density at radius 2 is 1.71 bits per heavy atom.